The van der Waals surface area contributed by atoms with Crippen molar-refractivity contribution in [2.45, 2.75) is 5.41 Å². The molecule has 0 radical (unpaired) electrons. The van der Waals surface area contributed by atoms with E-state index in [9.17, 15) is 9.90 Å². The van der Waals surface area contributed by atoms with Gasteiger partial charge in [-0.15, -0.1) is 0 Å². The number of phenolic OH excluding ortho intramolecular Hbond substituents is 1. The Labute approximate surface area is 109 Å². The first kappa shape index (κ1) is 10.4. The molecule has 4 nitrogen and oxygen atoms in total. The average Bonchev–Trinajstić information content (AvgIpc) is 2.91. The number of ether oxygens (including phenoxy) is 1. The summed E-state index contributed by atoms with van der Waals surface area (Å²) >= 11 is 0. The Kier molecular flexibility index (Phi) is 1.81. The van der Waals surface area contributed by atoms with Crippen LogP contribution >= 0.6 is 0 Å². The summed E-state index contributed by atoms with van der Waals surface area (Å²) in [5.74, 6) is 0.646. The molecule has 4 heteroatoms. The molecule has 19 heavy (non-hydrogen) atoms. The zero-order chi connectivity index (χ0) is 13.0. The molecule has 0 bridgehead atoms. The van der Waals surface area contributed by atoms with Gasteiger partial charge in [0.2, 0.25) is 5.91 Å². The van der Waals surface area contributed by atoms with E-state index in [1.165, 1.54) is 0 Å². The molecule has 4 rings (SSSR count). The van der Waals surface area contributed by atoms with Gasteiger partial charge in [-0.3, -0.25) is 4.79 Å². The summed E-state index contributed by atoms with van der Waals surface area (Å²) in [4.78, 5) is 12.4. The van der Waals surface area contributed by atoms with Gasteiger partial charge in [-0.05, 0) is 17.7 Å². The van der Waals surface area contributed by atoms with Crippen LogP contribution in [-0.2, 0) is 10.2 Å². The van der Waals surface area contributed by atoms with Crippen LogP contribution in [0.3, 0.4) is 0 Å². The Morgan fingerprint density at radius 2 is 2.00 bits per heavy atom. The van der Waals surface area contributed by atoms with Crippen molar-refractivity contribution < 1.29 is 14.6 Å². The molecular weight excluding hydrogens is 242 g/mol. The lowest BCUT2D eigenvalue weighted by atomic mass is 9.77. The van der Waals surface area contributed by atoms with Gasteiger partial charge in [-0.2, -0.15) is 0 Å². The first-order chi connectivity index (χ1) is 9.22. The number of hydrogen-bond donors (Lipinski definition) is 2. The van der Waals surface area contributed by atoms with E-state index in [4.69, 9.17) is 4.74 Å². The molecule has 2 N–H and O–H groups in total. The van der Waals surface area contributed by atoms with Crippen molar-refractivity contribution in [3.05, 3.63) is 53.6 Å². The van der Waals surface area contributed by atoms with Crippen LogP contribution in [0.1, 0.15) is 11.1 Å². The molecule has 0 saturated carbocycles. The third-order valence-corrected chi connectivity index (χ3v) is 3.89. The normalized spacial score (nSPS) is 22.8. The molecule has 0 saturated heterocycles. The summed E-state index contributed by atoms with van der Waals surface area (Å²) in [6.45, 7) is 0.272. The molecule has 1 amide bonds. The van der Waals surface area contributed by atoms with Crippen molar-refractivity contribution in [3.8, 4) is 11.5 Å². The minimum atomic E-state index is -0.778. The molecule has 94 valence electrons. The quantitative estimate of drug-likeness (QED) is 0.755. The largest absolute Gasteiger partial charge is 0.508 e. The van der Waals surface area contributed by atoms with Gasteiger partial charge in [0.1, 0.15) is 23.5 Å². The Morgan fingerprint density at radius 1 is 1.16 bits per heavy atom. The zero-order valence-corrected chi connectivity index (χ0v) is 10.0. The minimum absolute atomic E-state index is 0.0712. The van der Waals surface area contributed by atoms with Crippen molar-refractivity contribution >= 4 is 11.6 Å². The van der Waals surface area contributed by atoms with E-state index in [1.54, 1.807) is 18.2 Å². The topological polar surface area (TPSA) is 58.6 Å². The van der Waals surface area contributed by atoms with Gasteiger partial charge in [0, 0.05) is 17.3 Å². The zero-order valence-electron chi connectivity index (χ0n) is 10.0. The molecule has 0 aromatic heterocycles. The van der Waals surface area contributed by atoms with Crippen LogP contribution in [0, 0.1) is 0 Å². The van der Waals surface area contributed by atoms with Crippen LogP contribution in [0.5, 0.6) is 11.5 Å². The van der Waals surface area contributed by atoms with E-state index in [0.29, 0.717) is 5.75 Å². The Bertz CT molecular complexity index is 710. The molecule has 2 aromatic rings. The fourth-order valence-electron chi connectivity index (χ4n) is 2.97. The van der Waals surface area contributed by atoms with Gasteiger partial charge < -0.3 is 15.2 Å². The summed E-state index contributed by atoms with van der Waals surface area (Å²) in [5.41, 5.74) is 1.80. The predicted molar refractivity (Wildman–Crippen MR) is 69.5 cm³/mol. The fraction of sp³-hybridized carbons (Fsp3) is 0.133. The molecule has 2 aromatic carbocycles. The number of benzene rings is 2. The van der Waals surface area contributed by atoms with Crippen LogP contribution in [0.15, 0.2) is 42.5 Å². The molecule has 0 aliphatic carbocycles. The SMILES string of the molecule is O=C1Nc2ccccc2C12COc1cc(O)ccc12. The number of phenols is 1. The van der Waals surface area contributed by atoms with Crippen molar-refractivity contribution in [1.29, 1.82) is 0 Å². The molecule has 2 aliphatic heterocycles. The van der Waals surface area contributed by atoms with E-state index in [0.717, 1.165) is 16.8 Å². The number of anilines is 1. The molecule has 2 heterocycles. The van der Waals surface area contributed by atoms with Crippen molar-refractivity contribution in [2.75, 3.05) is 11.9 Å². The van der Waals surface area contributed by atoms with Gasteiger partial charge in [0.15, 0.2) is 0 Å². The highest BCUT2D eigenvalue weighted by Gasteiger charge is 2.53. The number of carbonyl (C=O) groups is 1. The number of hydrogen-bond acceptors (Lipinski definition) is 3. The van der Waals surface area contributed by atoms with E-state index in [2.05, 4.69) is 5.32 Å². The van der Waals surface area contributed by atoms with E-state index in [1.807, 2.05) is 24.3 Å². The molecule has 1 spiro atoms. The van der Waals surface area contributed by atoms with Crippen molar-refractivity contribution in [2.24, 2.45) is 0 Å². The van der Waals surface area contributed by atoms with Gasteiger partial charge in [-0.25, -0.2) is 0 Å². The number of rotatable bonds is 0. The number of fused-ring (bicyclic) bond motifs is 4. The number of amides is 1. The first-order valence-electron chi connectivity index (χ1n) is 6.09. The van der Waals surface area contributed by atoms with E-state index >= 15 is 0 Å². The Hall–Kier alpha value is -2.49. The third-order valence-electron chi connectivity index (χ3n) is 3.89. The highest BCUT2D eigenvalue weighted by Crippen LogP contribution is 2.50. The molecule has 1 unspecified atom stereocenters. The lowest BCUT2D eigenvalue weighted by Gasteiger charge is -2.19. The summed E-state index contributed by atoms with van der Waals surface area (Å²) in [6, 6.07) is 12.5. The smallest absolute Gasteiger partial charge is 0.243 e. The Morgan fingerprint density at radius 3 is 2.89 bits per heavy atom. The fourth-order valence-corrected chi connectivity index (χ4v) is 2.97. The highest BCUT2D eigenvalue weighted by atomic mass is 16.5. The highest BCUT2D eigenvalue weighted by molar-refractivity contribution is 6.09. The number of para-hydroxylation sites is 1. The lowest BCUT2D eigenvalue weighted by Crippen LogP contribution is -2.37. The van der Waals surface area contributed by atoms with E-state index in [-0.39, 0.29) is 18.3 Å². The van der Waals surface area contributed by atoms with Crippen LogP contribution < -0.4 is 10.1 Å². The van der Waals surface area contributed by atoms with Gasteiger partial charge in [-0.1, -0.05) is 24.3 Å². The van der Waals surface area contributed by atoms with Crippen molar-refractivity contribution in [3.63, 3.8) is 0 Å². The van der Waals surface area contributed by atoms with Gasteiger partial charge in [0.05, 0.1) is 0 Å². The van der Waals surface area contributed by atoms with Crippen LogP contribution in [0.4, 0.5) is 5.69 Å². The summed E-state index contributed by atoms with van der Waals surface area (Å²) < 4.78 is 5.62. The second-order valence-electron chi connectivity index (χ2n) is 4.87. The maximum absolute atomic E-state index is 12.4. The molecule has 0 fully saturated rings. The predicted octanol–water partition coefficient (Wildman–Crippen LogP) is 2.02. The summed E-state index contributed by atoms with van der Waals surface area (Å²) in [7, 11) is 0. The standard InChI is InChI=1S/C15H11NO3/c17-9-5-6-11-13(7-9)19-8-15(11)10-3-1-2-4-12(10)16-14(15)18/h1-7,17H,8H2,(H,16,18). The van der Waals surface area contributed by atoms with Gasteiger partial charge in [0.25, 0.3) is 0 Å². The Balaban J connectivity index is 2.01. The van der Waals surface area contributed by atoms with E-state index < -0.39 is 5.41 Å². The van der Waals surface area contributed by atoms with Crippen molar-refractivity contribution in [1.82, 2.24) is 0 Å². The molecule has 1 atom stereocenters. The maximum Gasteiger partial charge on any atom is 0.243 e. The lowest BCUT2D eigenvalue weighted by molar-refractivity contribution is -0.119. The second-order valence-corrected chi connectivity index (χ2v) is 4.87. The van der Waals surface area contributed by atoms with Crippen LogP contribution in [0.2, 0.25) is 0 Å². The number of nitrogens with one attached hydrogen (secondary N) is 1. The number of aromatic hydroxyl groups is 1. The average molecular weight is 253 g/mol. The number of carbonyl (C=O) groups excluding carboxylic acids is 1. The minimum Gasteiger partial charge on any atom is -0.508 e. The summed E-state index contributed by atoms with van der Waals surface area (Å²) in [6.07, 6.45) is 0. The maximum atomic E-state index is 12.4. The van der Waals surface area contributed by atoms with Crippen LogP contribution in [0.25, 0.3) is 0 Å². The van der Waals surface area contributed by atoms with Gasteiger partial charge >= 0.3 is 0 Å². The first-order valence-corrected chi connectivity index (χ1v) is 6.09. The summed E-state index contributed by atoms with van der Waals surface area (Å²) in [5, 5.41) is 12.4. The monoisotopic (exact) mass is 253 g/mol. The van der Waals surface area contributed by atoms with Crippen LogP contribution in [-0.4, -0.2) is 17.6 Å². The second kappa shape index (κ2) is 3.29. The molecular formula is C15H11NO3. The third kappa shape index (κ3) is 1.15. The molecule has 2 aliphatic rings.